The molecule has 2 aromatic rings. The Morgan fingerprint density at radius 3 is 2.71 bits per heavy atom. The minimum atomic E-state index is -0.396. The van der Waals surface area contributed by atoms with Crippen LogP contribution in [0.4, 0.5) is 5.69 Å². The zero-order valence-electron chi connectivity index (χ0n) is 8.85. The van der Waals surface area contributed by atoms with Gasteiger partial charge in [-0.1, -0.05) is 12.1 Å². The van der Waals surface area contributed by atoms with Crippen LogP contribution < -0.4 is 5.73 Å². The molecule has 1 aromatic heterocycles. The molecule has 0 amide bonds. The van der Waals surface area contributed by atoms with Gasteiger partial charge >= 0.3 is 5.97 Å². The second-order valence-corrected chi connectivity index (χ2v) is 5.92. The van der Waals surface area contributed by atoms with E-state index in [1.165, 1.54) is 11.3 Å². The number of carbonyl (C=O) groups excluding carboxylic acids is 1. The van der Waals surface area contributed by atoms with Gasteiger partial charge in [-0.15, -0.1) is 11.3 Å². The van der Waals surface area contributed by atoms with Crippen LogP contribution in [-0.2, 0) is 11.3 Å². The predicted molar refractivity (Wildman–Crippen MR) is 72.0 cm³/mol. The van der Waals surface area contributed by atoms with Gasteiger partial charge in [0.25, 0.3) is 0 Å². The number of carbonyl (C=O) groups is 1. The number of ether oxygens (including phenoxy) is 1. The second-order valence-electron chi connectivity index (χ2n) is 3.37. The van der Waals surface area contributed by atoms with Gasteiger partial charge in [0.05, 0.1) is 9.35 Å². The van der Waals surface area contributed by atoms with E-state index in [1.54, 1.807) is 24.3 Å². The number of benzene rings is 1. The predicted octanol–water partition coefficient (Wildman–Crippen LogP) is 3.45. The number of rotatable bonds is 3. The van der Waals surface area contributed by atoms with E-state index in [0.717, 1.165) is 8.66 Å². The molecule has 3 nitrogen and oxygen atoms in total. The summed E-state index contributed by atoms with van der Waals surface area (Å²) in [7, 11) is 0. The summed E-state index contributed by atoms with van der Waals surface area (Å²) in [4.78, 5) is 12.7. The molecule has 0 aliphatic rings. The molecular formula is C12H10BrNO2S. The average Bonchev–Trinajstić information content (AvgIpc) is 2.73. The summed E-state index contributed by atoms with van der Waals surface area (Å²) < 4.78 is 6.20. The van der Waals surface area contributed by atoms with Gasteiger partial charge in [0.1, 0.15) is 6.61 Å². The molecule has 17 heavy (non-hydrogen) atoms. The van der Waals surface area contributed by atoms with Gasteiger partial charge in [0.15, 0.2) is 0 Å². The Bertz CT molecular complexity index is 539. The summed E-state index contributed by atoms with van der Waals surface area (Å²) in [6, 6.07) is 10.7. The highest BCUT2D eigenvalue weighted by Gasteiger charge is 2.10. The lowest BCUT2D eigenvalue weighted by Gasteiger charge is -2.05. The van der Waals surface area contributed by atoms with Crippen molar-refractivity contribution in [3.63, 3.8) is 0 Å². The Morgan fingerprint density at radius 2 is 2.06 bits per heavy atom. The molecule has 0 atom stereocenters. The molecule has 0 saturated heterocycles. The van der Waals surface area contributed by atoms with Crippen LogP contribution >= 0.6 is 27.3 Å². The molecule has 1 heterocycles. The third-order valence-corrected chi connectivity index (χ3v) is 3.75. The number of halogens is 1. The minimum Gasteiger partial charge on any atom is -0.456 e. The summed E-state index contributed by atoms with van der Waals surface area (Å²) in [5.41, 5.74) is 6.53. The number of hydrogen-bond donors (Lipinski definition) is 1. The number of esters is 1. The van der Waals surface area contributed by atoms with Crippen LogP contribution in [0.15, 0.2) is 40.2 Å². The first kappa shape index (κ1) is 12.1. The van der Waals surface area contributed by atoms with E-state index < -0.39 is 5.97 Å². The highest BCUT2D eigenvalue weighted by Crippen LogP contribution is 2.23. The molecule has 88 valence electrons. The van der Waals surface area contributed by atoms with Crippen LogP contribution in [0.25, 0.3) is 0 Å². The Morgan fingerprint density at radius 1 is 1.29 bits per heavy atom. The van der Waals surface area contributed by atoms with Gasteiger partial charge in [-0.05, 0) is 40.2 Å². The quantitative estimate of drug-likeness (QED) is 0.697. The van der Waals surface area contributed by atoms with Crippen LogP contribution in [0.2, 0.25) is 0 Å². The standard InChI is InChI=1S/C12H10BrNO2S/c13-11-6-5-8(17-11)7-16-12(15)9-3-1-2-4-10(9)14/h1-6H,7,14H2. The first-order valence-electron chi connectivity index (χ1n) is 4.92. The largest absolute Gasteiger partial charge is 0.456 e. The summed E-state index contributed by atoms with van der Waals surface area (Å²) in [5, 5.41) is 0. The molecule has 0 spiro atoms. The third kappa shape index (κ3) is 3.08. The van der Waals surface area contributed by atoms with E-state index >= 15 is 0 Å². The number of thiophene rings is 1. The van der Waals surface area contributed by atoms with Crippen molar-refractivity contribution in [2.45, 2.75) is 6.61 Å². The van der Waals surface area contributed by atoms with Gasteiger partial charge in [0.2, 0.25) is 0 Å². The fraction of sp³-hybridized carbons (Fsp3) is 0.0833. The molecule has 0 bridgehead atoms. The maximum atomic E-state index is 11.7. The van der Waals surface area contributed by atoms with Crippen molar-refractivity contribution in [3.8, 4) is 0 Å². The van der Waals surface area contributed by atoms with E-state index in [2.05, 4.69) is 15.9 Å². The molecule has 2 N–H and O–H groups in total. The average molecular weight is 312 g/mol. The van der Waals surface area contributed by atoms with Crippen molar-refractivity contribution in [2.75, 3.05) is 5.73 Å². The van der Waals surface area contributed by atoms with Crippen molar-refractivity contribution < 1.29 is 9.53 Å². The van der Waals surface area contributed by atoms with Crippen molar-refractivity contribution >= 4 is 38.9 Å². The van der Waals surface area contributed by atoms with E-state index in [4.69, 9.17) is 10.5 Å². The zero-order valence-corrected chi connectivity index (χ0v) is 11.3. The van der Waals surface area contributed by atoms with Gasteiger partial charge in [-0.3, -0.25) is 0 Å². The highest BCUT2D eigenvalue weighted by molar-refractivity contribution is 9.11. The van der Waals surface area contributed by atoms with Crippen LogP contribution in [0.1, 0.15) is 15.2 Å². The van der Waals surface area contributed by atoms with Gasteiger partial charge in [-0.2, -0.15) is 0 Å². The summed E-state index contributed by atoms with van der Waals surface area (Å²) in [5.74, 6) is -0.396. The molecule has 2 rings (SSSR count). The van der Waals surface area contributed by atoms with Crippen molar-refractivity contribution in [1.29, 1.82) is 0 Å². The molecule has 1 aromatic carbocycles. The fourth-order valence-electron chi connectivity index (χ4n) is 1.33. The van der Waals surface area contributed by atoms with Crippen LogP contribution in [0, 0.1) is 0 Å². The Kier molecular flexibility index (Phi) is 3.81. The van der Waals surface area contributed by atoms with Gasteiger partial charge in [0, 0.05) is 10.6 Å². The smallest absolute Gasteiger partial charge is 0.340 e. The second kappa shape index (κ2) is 5.33. The molecule has 0 saturated carbocycles. The SMILES string of the molecule is Nc1ccccc1C(=O)OCc1ccc(Br)s1. The molecule has 0 unspecified atom stereocenters. The Hall–Kier alpha value is -1.33. The summed E-state index contributed by atoms with van der Waals surface area (Å²) in [6.45, 7) is 0.267. The number of nitrogen functional groups attached to an aromatic ring is 1. The monoisotopic (exact) mass is 311 g/mol. The number of hydrogen-bond acceptors (Lipinski definition) is 4. The highest BCUT2D eigenvalue weighted by atomic mass is 79.9. The molecule has 0 fully saturated rings. The number of nitrogens with two attached hydrogens (primary N) is 1. The fourth-order valence-corrected chi connectivity index (χ4v) is 2.72. The third-order valence-electron chi connectivity index (χ3n) is 2.16. The maximum absolute atomic E-state index is 11.7. The first-order valence-corrected chi connectivity index (χ1v) is 6.53. The number of para-hydroxylation sites is 1. The normalized spacial score (nSPS) is 10.2. The summed E-state index contributed by atoms with van der Waals surface area (Å²) >= 11 is 4.89. The van der Waals surface area contributed by atoms with Crippen LogP contribution in [-0.4, -0.2) is 5.97 Å². The minimum absolute atomic E-state index is 0.267. The maximum Gasteiger partial charge on any atom is 0.340 e. The van der Waals surface area contributed by atoms with Crippen LogP contribution in [0.3, 0.4) is 0 Å². The van der Waals surface area contributed by atoms with Crippen LogP contribution in [0.5, 0.6) is 0 Å². The molecular weight excluding hydrogens is 302 g/mol. The Balaban J connectivity index is 2.01. The Labute approximate surface area is 111 Å². The van der Waals surface area contributed by atoms with E-state index in [9.17, 15) is 4.79 Å². The molecule has 0 radical (unpaired) electrons. The van der Waals surface area contributed by atoms with Gasteiger partial charge in [-0.25, -0.2) is 4.79 Å². The molecule has 0 aliphatic carbocycles. The van der Waals surface area contributed by atoms with E-state index in [-0.39, 0.29) is 6.61 Å². The first-order chi connectivity index (χ1) is 8.16. The van der Waals surface area contributed by atoms with E-state index in [0.29, 0.717) is 11.3 Å². The zero-order chi connectivity index (χ0) is 12.3. The lowest BCUT2D eigenvalue weighted by atomic mass is 10.2. The van der Waals surface area contributed by atoms with Crippen molar-refractivity contribution in [2.24, 2.45) is 0 Å². The number of anilines is 1. The molecule has 0 aliphatic heterocycles. The molecule has 5 heteroatoms. The van der Waals surface area contributed by atoms with Gasteiger partial charge < -0.3 is 10.5 Å². The summed E-state index contributed by atoms with van der Waals surface area (Å²) in [6.07, 6.45) is 0. The lowest BCUT2D eigenvalue weighted by Crippen LogP contribution is -2.07. The topological polar surface area (TPSA) is 52.3 Å². The van der Waals surface area contributed by atoms with E-state index in [1.807, 2.05) is 12.1 Å². The lowest BCUT2D eigenvalue weighted by molar-refractivity contribution is 0.0478. The van der Waals surface area contributed by atoms with Crippen molar-refractivity contribution in [1.82, 2.24) is 0 Å². The van der Waals surface area contributed by atoms with Crippen molar-refractivity contribution in [3.05, 3.63) is 50.6 Å².